The van der Waals surface area contributed by atoms with Crippen molar-refractivity contribution >= 4 is 9.84 Å². The number of hydrogen-bond donors (Lipinski definition) is 0. The lowest BCUT2D eigenvalue weighted by Gasteiger charge is -2.45. The monoisotopic (exact) mass is 289 g/mol. The van der Waals surface area contributed by atoms with E-state index in [9.17, 15) is 8.42 Å². The molecule has 1 spiro atoms. The van der Waals surface area contributed by atoms with Gasteiger partial charge in [0.15, 0.2) is 0 Å². The molecule has 5 nitrogen and oxygen atoms in total. The van der Waals surface area contributed by atoms with Crippen LogP contribution in [0.3, 0.4) is 0 Å². The minimum atomic E-state index is -2.89. The Balaban J connectivity index is 1.71. The van der Waals surface area contributed by atoms with Crippen molar-refractivity contribution in [1.29, 1.82) is 0 Å². The second-order valence-electron chi connectivity index (χ2n) is 6.57. The van der Waals surface area contributed by atoms with Crippen molar-refractivity contribution in [2.24, 2.45) is 5.41 Å². The predicted molar refractivity (Wildman–Crippen MR) is 71.9 cm³/mol. The van der Waals surface area contributed by atoms with E-state index in [1.807, 2.05) is 0 Å². The number of rotatable bonds is 4. The highest BCUT2D eigenvalue weighted by molar-refractivity contribution is 7.90. The van der Waals surface area contributed by atoms with Crippen LogP contribution in [0.1, 0.15) is 19.3 Å². The Labute approximate surface area is 115 Å². The third-order valence-electron chi connectivity index (χ3n) is 4.68. The molecule has 1 atom stereocenters. The van der Waals surface area contributed by atoms with Crippen LogP contribution in [0.5, 0.6) is 0 Å². The molecule has 0 amide bonds. The zero-order valence-corrected chi connectivity index (χ0v) is 12.4. The average molecular weight is 289 g/mol. The molecule has 0 aromatic heterocycles. The van der Waals surface area contributed by atoms with E-state index in [-0.39, 0.29) is 11.0 Å². The van der Waals surface area contributed by atoms with E-state index in [1.54, 1.807) is 0 Å². The number of morpholine rings is 1. The van der Waals surface area contributed by atoms with E-state index < -0.39 is 9.84 Å². The fourth-order valence-corrected chi connectivity index (χ4v) is 4.95. The van der Waals surface area contributed by atoms with Crippen molar-refractivity contribution in [3.05, 3.63) is 0 Å². The highest BCUT2D eigenvalue weighted by Gasteiger charge is 2.51. The largest absolute Gasteiger partial charge is 0.379 e. The molecular formula is C13H23NO4S. The van der Waals surface area contributed by atoms with Gasteiger partial charge in [0.05, 0.1) is 31.1 Å². The van der Waals surface area contributed by atoms with Crippen molar-refractivity contribution < 1.29 is 17.9 Å². The van der Waals surface area contributed by atoms with Gasteiger partial charge in [-0.25, -0.2) is 8.42 Å². The Morgan fingerprint density at radius 2 is 1.79 bits per heavy atom. The molecule has 3 fully saturated rings. The topological polar surface area (TPSA) is 55.8 Å². The van der Waals surface area contributed by atoms with E-state index >= 15 is 0 Å². The highest BCUT2D eigenvalue weighted by Crippen LogP contribution is 2.49. The zero-order chi connectivity index (χ0) is 13.6. The first kappa shape index (κ1) is 13.8. The Hall–Kier alpha value is -0.170. The summed E-state index contributed by atoms with van der Waals surface area (Å²) in [6, 6.07) is 0. The molecule has 0 aromatic carbocycles. The molecule has 0 N–H and O–H groups in total. The summed E-state index contributed by atoms with van der Waals surface area (Å²) < 4.78 is 34.3. The third kappa shape index (κ3) is 2.96. The first-order valence-corrected chi connectivity index (χ1v) is 9.08. The van der Waals surface area contributed by atoms with E-state index in [2.05, 4.69) is 4.90 Å². The summed E-state index contributed by atoms with van der Waals surface area (Å²) >= 11 is 0. The van der Waals surface area contributed by atoms with Gasteiger partial charge in [0.2, 0.25) is 0 Å². The zero-order valence-electron chi connectivity index (χ0n) is 11.6. The summed E-state index contributed by atoms with van der Waals surface area (Å²) in [7, 11) is -2.89. The van der Waals surface area contributed by atoms with Crippen LogP contribution in [0.4, 0.5) is 0 Å². The molecule has 1 unspecified atom stereocenters. The molecule has 2 saturated heterocycles. The number of nitrogens with zero attached hydrogens (tertiary/aromatic N) is 1. The second kappa shape index (κ2) is 4.69. The van der Waals surface area contributed by atoms with Gasteiger partial charge in [0.25, 0.3) is 0 Å². The Kier molecular flexibility index (Phi) is 3.40. The van der Waals surface area contributed by atoms with Crippen LogP contribution in [-0.2, 0) is 19.3 Å². The van der Waals surface area contributed by atoms with Gasteiger partial charge >= 0.3 is 0 Å². The summed E-state index contributed by atoms with van der Waals surface area (Å²) in [5.41, 5.74) is 0.00581. The van der Waals surface area contributed by atoms with Gasteiger partial charge in [-0.1, -0.05) is 0 Å². The fraction of sp³-hybridized carbons (Fsp3) is 1.00. The lowest BCUT2D eigenvalue weighted by molar-refractivity contribution is -0.0770. The molecule has 0 radical (unpaired) electrons. The lowest BCUT2D eigenvalue weighted by Crippen LogP contribution is -2.59. The van der Waals surface area contributed by atoms with Gasteiger partial charge < -0.3 is 9.47 Å². The SMILES string of the molecule is CS(=O)(=O)CC1(CN2CCOCC23CCOC3)CC1. The van der Waals surface area contributed by atoms with Crippen LogP contribution in [0.25, 0.3) is 0 Å². The van der Waals surface area contributed by atoms with Gasteiger partial charge in [-0.15, -0.1) is 0 Å². The first-order valence-electron chi connectivity index (χ1n) is 7.02. The van der Waals surface area contributed by atoms with Gasteiger partial charge in [-0.2, -0.15) is 0 Å². The van der Waals surface area contributed by atoms with Gasteiger partial charge in [0.1, 0.15) is 9.84 Å². The van der Waals surface area contributed by atoms with Crippen LogP contribution in [0.15, 0.2) is 0 Å². The summed E-state index contributed by atoms with van der Waals surface area (Å²) in [5, 5.41) is 0. The summed E-state index contributed by atoms with van der Waals surface area (Å²) in [5.74, 6) is 0.328. The van der Waals surface area contributed by atoms with E-state index in [4.69, 9.17) is 9.47 Å². The van der Waals surface area contributed by atoms with Crippen molar-refractivity contribution in [2.75, 3.05) is 51.5 Å². The molecule has 110 valence electrons. The highest BCUT2D eigenvalue weighted by atomic mass is 32.2. The quantitative estimate of drug-likeness (QED) is 0.745. The molecular weight excluding hydrogens is 266 g/mol. The molecule has 0 bridgehead atoms. The maximum absolute atomic E-state index is 11.6. The summed E-state index contributed by atoms with van der Waals surface area (Å²) in [4.78, 5) is 2.45. The van der Waals surface area contributed by atoms with Crippen molar-refractivity contribution in [2.45, 2.75) is 24.8 Å². The number of sulfone groups is 1. The molecule has 0 aromatic rings. The van der Waals surface area contributed by atoms with Crippen molar-refractivity contribution in [1.82, 2.24) is 4.90 Å². The maximum atomic E-state index is 11.6. The second-order valence-corrected chi connectivity index (χ2v) is 8.71. The summed E-state index contributed by atoms with van der Waals surface area (Å²) in [6.07, 6.45) is 4.42. The van der Waals surface area contributed by atoms with Gasteiger partial charge in [-0.05, 0) is 24.7 Å². The predicted octanol–water partition coefficient (Wildman–Crippen LogP) is 0.303. The average Bonchev–Trinajstić information content (AvgIpc) is 2.88. The van der Waals surface area contributed by atoms with E-state index in [0.717, 1.165) is 58.8 Å². The van der Waals surface area contributed by atoms with E-state index in [0.29, 0.717) is 5.75 Å². The molecule has 1 saturated carbocycles. The molecule has 2 heterocycles. The molecule has 19 heavy (non-hydrogen) atoms. The summed E-state index contributed by atoms with van der Waals surface area (Å²) in [6.45, 7) is 4.77. The normalized spacial score (nSPS) is 34.8. The van der Waals surface area contributed by atoms with Gasteiger partial charge in [-0.3, -0.25) is 4.90 Å². The fourth-order valence-electron chi connectivity index (χ4n) is 3.46. The molecule has 1 aliphatic carbocycles. The van der Waals surface area contributed by atoms with Gasteiger partial charge in [0, 0.05) is 26.0 Å². The lowest BCUT2D eigenvalue weighted by atomic mass is 9.93. The number of hydrogen-bond acceptors (Lipinski definition) is 5. The van der Waals surface area contributed by atoms with Crippen LogP contribution in [-0.4, -0.2) is 70.4 Å². The molecule has 6 heteroatoms. The Morgan fingerprint density at radius 3 is 2.37 bits per heavy atom. The molecule has 2 aliphatic heterocycles. The molecule has 3 aliphatic rings. The standard InChI is InChI=1S/C13H23NO4S/c1-19(15,16)11-12(2-3-12)8-14-5-7-18-10-13(14)4-6-17-9-13/h2-11H2,1H3. The van der Waals surface area contributed by atoms with Crippen LogP contribution < -0.4 is 0 Å². The smallest absolute Gasteiger partial charge is 0.148 e. The first-order chi connectivity index (χ1) is 8.93. The number of ether oxygens (including phenoxy) is 2. The minimum absolute atomic E-state index is 0.000509. The Bertz CT molecular complexity index is 438. The Morgan fingerprint density at radius 1 is 1.11 bits per heavy atom. The molecule has 3 rings (SSSR count). The minimum Gasteiger partial charge on any atom is -0.379 e. The van der Waals surface area contributed by atoms with Crippen LogP contribution in [0.2, 0.25) is 0 Å². The third-order valence-corrected chi connectivity index (χ3v) is 5.82. The maximum Gasteiger partial charge on any atom is 0.148 e. The van der Waals surface area contributed by atoms with Crippen LogP contribution >= 0.6 is 0 Å². The van der Waals surface area contributed by atoms with Crippen molar-refractivity contribution in [3.63, 3.8) is 0 Å². The van der Waals surface area contributed by atoms with E-state index in [1.165, 1.54) is 6.26 Å². The van der Waals surface area contributed by atoms with Crippen LogP contribution in [0, 0.1) is 5.41 Å². The van der Waals surface area contributed by atoms with Crippen molar-refractivity contribution in [3.8, 4) is 0 Å².